The third-order valence-electron chi connectivity index (χ3n) is 3.13. The number of nitriles is 1. The first kappa shape index (κ1) is 20.0. The molecule has 0 aliphatic rings. The Balaban J connectivity index is 2.92. The SMILES string of the molecule is CC(C)[C@@H](C#N)OC(=O)c1cc(NC(=O)CC(C)(C)C)ccc1Cl. The number of hydrogen-bond donors (Lipinski definition) is 1. The van der Waals surface area contributed by atoms with E-state index in [1.807, 2.05) is 26.8 Å². The minimum atomic E-state index is -0.854. The summed E-state index contributed by atoms with van der Waals surface area (Å²) in [6.45, 7) is 9.46. The van der Waals surface area contributed by atoms with Crippen molar-refractivity contribution < 1.29 is 14.3 Å². The average molecular weight is 351 g/mol. The summed E-state index contributed by atoms with van der Waals surface area (Å²) in [5, 5.41) is 12.0. The van der Waals surface area contributed by atoms with Gasteiger partial charge in [-0.25, -0.2) is 4.79 Å². The minimum Gasteiger partial charge on any atom is -0.443 e. The number of esters is 1. The highest BCUT2D eigenvalue weighted by atomic mass is 35.5. The number of nitrogens with one attached hydrogen (secondary N) is 1. The first-order valence-electron chi connectivity index (χ1n) is 7.73. The lowest BCUT2D eigenvalue weighted by atomic mass is 9.92. The van der Waals surface area contributed by atoms with Gasteiger partial charge in [0.05, 0.1) is 10.6 Å². The summed E-state index contributed by atoms with van der Waals surface area (Å²) in [5.74, 6) is -0.971. The second-order valence-corrected chi connectivity index (χ2v) is 7.59. The van der Waals surface area contributed by atoms with Crippen LogP contribution < -0.4 is 5.32 Å². The first-order valence-corrected chi connectivity index (χ1v) is 8.11. The molecule has 1 N–H and O–H groups in total. The van der Waals surface area contributed by atoms with Crippen LogP contribution in [0.25, 0.3) is 0 Å². The zero-order valence-electron chi connectivity index (χ0n) is 14.6. The summed E-state index contributed by atoms with van der Waals surface area (Å²) in [6, 6.07) is 6.53. The van der Waals surface area contributed by atoms with Gasteiger partial charge in [0.1, 0.15) is 6.07 Å². The van der Waals surface area contributed by atoms with Crippen molar-refractivity contribution in [3.05, 3.63) is 28.8 Å². The molecule has 0 aromatic heterocycles. The van der Waals surface area contributed by atoms with Crippen LogP contribution in [0, 0.1) is 22.7 Å². The molecule has 0 bridgehead atoms. The molecule has 0 spiro atoms. The lowest BCUT2D eigenvalue weighted by Gasteiger charge is -2.18. The number of nitrogens with zero attached hydrogens (tertiary/aromatic N) is 1. The second kappa shape index (κ2) is 8.16. The van der Waals surface area contributed by atoms with Gasteiger partial charge in [-0.05, 0) is 23.6 Å². The van der Waals surface area contributed by atoms with E-state index in [1.165, 1.54) is 12.1 Å². The van der Waals surface area contributed by atoms with E-state index in [4.69, 9.17) is 21.6 Å². The molecule has 1 rings (SSSR count). The Morgan fingerprint density at radius 1 is 1.33 bits per heavy atom. The van der Waals surface area contributed by atoms with Crippen LogP contribution >= 0.6 is 11.6 Å². The predicted molar refractivity (Wildman–Crippen MR) is 93.8 cm³/mol. The van der Waals surface area contributed by atoms with Gasteiger partial charge >= 0.3 is 5.97 Å². The summed E-state index contributed by atoms with van der Waals surface area (Å²) >= 11 is 6.04. The quantitative estimate of drug-likeness (QED) is 0.797. The summed E-state index contributed by atoms with van der Waals surface area (Å²) in [4.78, 5) is 24.2. The zero-order valence-corrected chi connectivity index (χ0v) is 15.4. The fourth-order valence-corrected chi connectivity index (χ4v) is 2.13. The standard InChI is InChI=1S/C18H23ClN2O3/c1-11(2)15(10-20)24-17(23)13-8-12(6-7-14(13)19)21-16(22)9-18(3,4)5/h6-8,11,15H,9H2,1-5H3,(H,21,22)/t15-/m1/s1. The Morgan fingerprint density at radius 3 is 2.46 bits per heavy atom. The van der Waals surface area contributed by atoms with Gasteiger partial charge in [-0.2, -0.15) is 5.26 Å². The number of halogens is 1. The van der Waals surface area contributed by atoms with Gasteiger partial charge in [0, 0.05) is 18.0 Å². The van der Waals surface area contributed by atoms with Gasteiger partial charge < -0.3 is 10.1 Å². The van der Waals surface area contributed by atoms with Crippen LogP contribution in [0.1, 0.15) is 51.4 Å². The van der Waals surface area contributed by atoms with Gasteiger partial charge in [0.25, 0.3) is 0 Å². The molecule has 0 fully saturated rings. The van der Waals surface area contributed by atoms with Crippen LogP contribution in [0.15, 0.2) is 18.2 Å². The maximum absolute atomic E-state index is 12.2. The topological polar surface area (TPSA) is 79.2 Å². The van der Waals surface area contributed by atoms with Gasteiger partial charge in [-0.1, -0.05) is 46.2 Å². The van der Waals surface area contributed by atoms with Crippen molar-refractivity contribution in [1.29, 1.82) is 5.26 Å². The molecule has 0 saturated heterocycles. The second-order valence-electron chi connectivity index (χ2n) is 7.18. The molecule has 1 aromatic carbocycles. The van der Waals surface area contributed by atoms with Crippen molar-refractivity contribution in [1.82, 2.24) is 0 Å². The molecule has 1 aromatic rings. The summed E-state index contributed by atoms with van der Waals surface area (Å²) in [5.41, 5.74) is 0.431. The van der Waals surface area contributed by atoms with E-state index in [0.717, 1.165) is 0 Å². The largest absolute Gasteiger partial charge is 0.443 e. The fraction of sp³-hybridized carbons (Fsp3) is 0.500. The lowest BCUT2D eigenvalue weighted by molar-refractivity contribution is -0.117. The number of anilines is 1. The molecule has 0 saturated carbocycles. The number of rotatable bonds is 5. The van der Waals surface area contributed by atoms with Crippen molar-refractivity contribution in [2.24, 2.45) is 11.3 Å². The van der Waals surface area contributed by atoms with Crippen molar-refractivity contribution in [2.45, 2.75) is 47.1 Å². The number of benzene rings is 1. The molecule has 24 heavy (non-hydrogen) atoms. The van der Waals surface area contributed by atoms with Crippen molar-refractivity contribution >= 4 is 29.2 Å². The van der Waals surface area contributed by atoms with Crippen LogP contribution in [0.2, 0.25) is 5.02 Å². The van der Waals surface area contributed by atoms with Crippen molar-refractivity contribution in [2.75, 3.05) is 5.32 Å². The predicted octanol–water partition coefficient (Wildman–Crippen LogP) is 4.42. The highest BCUT2D eigenvalue weighted by molar-refractivity contribution is 6.33. The Bertz CT molecular complexity index is 657. The average Bonchev–Trinajstić information content (AvgIpc) is 2.44. The van der Waals surface area contributed by atoms with Crippen molar-refractivity contribution in [3.63, 3.8) is 0 Å². The number of amides is 1. The smallest absolute Gasteiger partial charge is 0.341 e. The monoisotopic (exact) mass is 350 g/mol. The van der Waals surface area contributed by atoms with Crippen LogP contribution in [0.3, 0.4) is 0 Å². The minimum absolute atomic E-state index is 0.117. The molecule has 0 aliphatic heterocycles. The molecule has 1 amide bonds. The molecule has 0 radical (unpaired) electrons. The van der Waals surface area contributed by atoms with Gasteiger partial charge in [0.2, 0.25) is 5.91 Å². The lowest BCUT2D eigenvalue weighted by Crippen LogP contribution is -2.22. The Labute approximate surface area is 147 Å². The summed E-state index contributed by atoms with van der Waals surface area (Å²) in [6.07, 6.45) is -0.507. The molecule has 6 heteroatoms. The molecule has 0 unspecified atom stereocenters. The molecule has 130 valence electrons. The Hall–Kier alpha value is -2.06. The van der Waals surface area contributed by atoms with Crippen molar-refractivity contribution in [3.8, 4) is 6.07 Å². The normalized spacial score (nSPS) is 12.4. The van der Waals surface area contributed by atoms with Crippen LogP contribution in [-0.4, -0.2) is 18.0 Å². The van der Waals surface area contributed by atoms with Gasteiger partial charge in [-0.15, -0.1) is 0 Å². The highest BCUT2D eigenvalue weighted by Gasteiger charge is 2.21. The Kier molecular flexibility index (Phi) is 6.80. The maximum Gasteiger partial charge on any atom is 0.341 e. The number of hydrogen-bond acceptors (Lipinski definition) is 4. The highest BCUT2D eigenvalue weighted by Crippen LogP contribution is 2.24. The maximum atomic E-state index is 12.2. The van der Waals surface area contributed by atoms with E-state index in [0.29, 0.717) is 12.1 Å². The van der Waals surface area contributed by atoms with E-state index >= 15 is 0 Å². The molecular weight excluding hydrogens is 328 g/mol. The van der Waals surface area contributed by atoms with E-state index < -0.39 is 12.1 Å². The number of carbonyl (C=O) groups is 2. The molecule has 0 aliphatic carbocycles. The molecule has 0 heterocycles. The number of carbonyl (C=O) groups excluding carboxylic acids is 2. The van der Waals surface area contributed by atoms with E-state index in [9.17, 15) is 9.59 Å². The van der Waals surface area contributed by atoms with E-state index in [2.05, 4.69) is 5.32 Å². The molecule has 5 nitrogen and oxygen atoms in total. The van der Waals surface area contributed by atoms with Gasteiger partial charge in [-0.3, -0.25) is 4.79 Å². The summed E-state index contributed by atoms with van der Waals surface area (Å²) < 4.78 is 5.17. The van der Waals surface area contributed by atoms with Gasteiger partial charge in [0.15, 0.2) is 6.10 Å². The first-order chi connectivity index (χ1) is 11.0. The number of ether oxygens (including phenoxy) is 1. The van der Waals surface area contributed by atoms with Crippen LogP contribution in [-0.2, 0) is 9.53 Å². The van der Waals surface area contributed by atoms with Crippen LogP contribution in [0.5, 0.6) is 0 Å². The third kappa shape index (κ3) is 6.21. The van der Waals surface area contributed by atoms with Crippen LogP contribution in [0.4, 0.5) is 5.69 Å². The third-order valence-corrected chi connectivity index (χ3v) is 3.46. The molecule has 1 atom stereocenters. The zero-order chi connectivity index (χ0) is 18.5. The molecular formula is C18H23ClN2O3. The Morgan fingerprint density at radius 2 is 1.96 bits per heavy atom. The van der Waals surface area contributed by atoms with E-state index in [1.54, 1.807) is 19.9 Å². The van der Waals surface area contributed by atoms with E-state index in [-0.39, 0.29) is 27.8 Å². The fourth-order valence-electron chi connectivity index (χ4n) is 1.94. The summed E-state index contributed by atoms with van der Waals surface area (Å²) in [7, 11) is 0.